The normalized spacial score (nSPS) is 11.1. The zero-order chi connectivity index (χ0) is 16.7. The Morgan fingerprint density at radius 3 is 2.25 bits per heavy atom. The number of nitrogens with zero attached hydrogens (tertiary/aromatic N) is 3. The van der Waals surface area contributed by atoms with E-state index in [0.29, 0.717) is 0 Å². The zero-order valence-corrected chi connectivity index (χ0v) is 14.2. The van der Waals surface area contributed by atoms with Crippen LogP contribution in [0.3, 0.4) is 0 Å². The van der Waals surface area contributed by atoms with Crippen molar-refractivity contribution >= 4 is 22.6 Å². The van der Waals surface area contributed by atoms with Crippen molar-refractivity contribution in [3.05, 3.63) is 76.9 Å². The molecule has 2 aromatic heterocycles. The molecule has 0 N–H and O–H groups in total. The Kier molecular flexibility index (Phi) is 3.58. The summed E-state index contributed by atoms with van der Waals surface area (Å²) in [6.45, 7) is 4.09. The van der Waals surface area contributed by atoms with Gasteiger partial charge in [0.05, 0.1) is 17.1 Å². The van der Waals surface area contributed by atoms with E-state index in [-0.39, 0.29) is 0 Å². The number of benzene rings is 2. The van der Waals surface area contributed by atoms with Gasteiger partial charge in [0, 0.05) is 16.0 Å². The van der Waals surface area contributed by atoms with Gasteiger partial charge in [-0.3, -0.25) is 0 Å². The summed E-state index contributed by atoms with van der Waals surface area (Å²) in [5, 5.41) is 6.46. The lowest BCUT2D eigenvalue weighted by atomic mass is 10.1. The minimum absolute atomic E-state index is 0.723. The van der Waals surface area contributed by atoms with Crippen molar-refractivity contribution in [2.75, 3.05) is 0 Å². The van der Waals surface area contributed by atoms with Crippen molar-refractivity contribution in [3.63, 3.8) is 0 Å². The van der Waals surface area contributed by atoms with E-state index in [0.717, 1.165) is 38.7 Å². The van der Waals surface area contributed by atoms with Crippen LogP contribution in [0.1, 0.15) is 11.3 Å². The topological polar surface area (TPSA) is 30.7 Å². The lowest BCUT2D eigenvalue weighted by molar-refractivity contribution is 0.877. The summed E-state index contributed by atoms with van der Waals surface area (Å²) in [6.07, 6.45) is 0. The third-order valence-corrected chi connectivity index (χ3v) is 4.39. The van der Waals surface area contributed by atoms with Gasteiger partial charge >= 0.3 is 0 Å². The van der Waals surface area contributed by atoms with Crippen molar-refractivity contribution in [1.82, 2.24) is 14.8 Å². The fraction of sp³-hybridized carbons (Fsp3) is 0.100. The fourth-order valence-corrected chi connectivity index (χ4v) is 2.92. The van der Waals surface area contributed by atoms with Gasteiger partial charge in [0.1, 0.15) is 0 Å². The molecule has 0 spiro atoms. The summed E-state index contributed by atoms with van der Waals surface area (Å²) in [4.78, 5) is 4.85. The van der Waals surface area contributed by atoms with E-state index < -0.39 is 0 Å². The first kappa shape index (κ1) is 14.9. The van der Waals surface area contributed by atoms with Crippen molar-refractivity contribution in [2.45, 2.75) is 13.8 Å². The molecule has 0 fully saturated rings. The molecule has 4 rings (SSSR count). The van der Waals surface area contributed by atoms with Crippen LogP contribution in [0.2, 0.25) is 5.02 Å². The maximum atomic E-state index is 5.98. The lowest BCUT2D eigenvalue weighted by Gasteiger charge is -2.05. The maximum Gasteiger partial charge on any atom is 0.163 e. The molecular formula is C20H16ClN3. The summed E-state index contributed by atoms with van der Waals surface area (Å²) < 4.78 is 1.91. The second-order valence-electron chi connectivity index (χ2n) is 5.91. The second kappa shape index (κ2) is 5.77. The molecule has 24 heavy (non-hydrogen) atoms. The number of fused-ring (bicyclic) bond motifs is 1. The van der Waals surface area contributed by atoms with E-state index in [1.54, 1.807) is 0 Å². The Bertz CT molecular complexity index is 1020. The molecule has 2 aromatic carbocycles. The molecule has 0 aliphatic rings. The van der Waals surface area contributed by atoms with Gasteiger partial charge < -0.3 is 0 Å². The first-order valence-corrected chi connectivity index (χ1v) is 8.19. The van der Waals surface area contributed by atoms with Gasteiger partial charge in [0.15, 0.2) is 5.65 Å². The van der Waals surface area contributed by atoms with Crippen LogP contribution in [0, 0.1) is 13.8 Å². The molecule has 0 atom stereocenters. The van der Waals surface area contributed by atoms with E-state index in [2.05, 4.69) is 42.4 Å². The minimum atomic E-state index is 0.723. The molecule has 0 aliphatic carbocycles. The Labute approximate surface area is 145 Å². The minimum Gasteiger partial charge on any atom is -0.228 e. The van der Waals surface area contributed by atoms with Crippen LogP contribution in [0.5, 0.6) is 0 Å². The van der Waals surface area contributed by atoms with Gasteiger partial charge in [0.2, 0.25) is 0 Å². The molecule has 4 heteroatoms. The highest BCUT2D eigenvalue weighted by Gasteiger charge is 2.12. The third kappa shape index (κ3) is 2.57. The van der Waals surface area contributed by atoms with Crippen LogP contribution >= 0.6 is 11.6 Å². The summed E-state index contributed by atoms with van der Waals surface area (Å²) >= 11 is 5.98. The van der Waals surface area contributed by atoms with Gasteiger partial charge in [-0.2, -0.15) is 5.10 Å². The van der Waals surface area contributed by atoms with Gasteiger partial charge in [-0.05, 0) is 50.2 Å². The van der Waals surface area contributed by atoms with Crippen molar-refractivity contribution in [1.29, 1.82) is 0 Å². The first-order valence-electron chi connectivity index (χ1n) is 7.81. The smallest absolute Gasteiger partial charge is 0.163 e. The zero-order valence-electron chi connectivity index (χ0n) is 13.5. The quantitative estimate of drug-likeness (QED) is 0.494. The van der Waals surface area contributed by atoms with E-state index >= 15 is 0 Å². The predicted octanol–water partition coefficient (Wildman–Crippen LogP) is 5.36. The molecule has 0 bridgehead atoms. The standard InChI is InChI=1S/C20H16ClN3/c1-13-3-9-17(10-4-13)24-20-18(14(2)23-24)11-12-19(22-20)15-5-7-16(21)8-6-15/h3-12H,1-2H3. The monoisotopic (exact) mass is 333 g/mol. The SMILES string of the molecule is Cc1ccc(-n2nc(C)c3ccc(-c4ccc(Cl)cc4)nc32)cc1. The average Bonchev–Trinajstić information content (AvgIpc) is 2.93. The highest BCUT2D eigenvalue weighted by Crippen LogP contribution is 2.25. The highest BCUT2D eigenvalue weighted by molar-refractivity contribution is 6.30. The van der Waals surface area contributed by atoms with Crippen LogP contribution in [0.25, 0.3) is 28.0 Å². The molecule has 0 unspecified atom stereocenters. The van der Waals surface area contributed by atoms with Crippen LogP contribution < -0.4 is 0 Å². The number of rotatable bonds is 2. The molecule has 4 aromatic rings. The van der Waals surface area contributed by atoms with E-state index in [9.17, 15) is 0 Å². The van der Waals surface area contributed by atoms with Crippen molar-refractivity contribution in [3.8, 4) is 16.9 Å². The Balaban J connectivity index is 1.90. The van der Waals surface area contributed by atoms with E-state index in [1.807, 2.05) is 41.9 Å². The number of pyridine rings is 1. The van der Waals surface area contributed by atoms with Crippen LogP contribution in [0.15, 0.2) is 60.7 Å². The largest absolute Gasteiger partial charge is 0.228 e. The van der Waals surface area contributed by atoms with Gasteiger partial charge in [-0.25, -0.2) is 9.67 Å². The summed E-state index contributed by atoms with van der Waals surface area (Å²) in [5.41, 5.74) is 6.02. The highest BCUT2D eigenvalue weighted by atomic mass is 35.5. The molecule has 0 saturated heterocycles. The lowest BCUT2D eigenvalue weighted by Crippen LogP contribution is -1.98. The Hall–Kier alpha value is -2.65. The Morgan fingerprint density at radius 1 is 0.833 bits per heavy atom. The maximum absolute atomic E-state index is 5.98. The van der Waals surface area contributed by atoms with Crippen LogP contribution in [-0.4, -0.2) is 14.8 Å². The van der Waals surface area contributed by atoms with E-state index in [1.165, 1.54) is 5.56 Å². The summed E-state index contributed by atoms with van der Waals surface area (Å²) in [7, 11) is 0. The average molecular weight is 334 g/mol. The fourth-order valence-electron chi connectivity index (χ4n) is 2.79. The summed E-state index contributed by atoms with van der Waals surface area (Å²) in [6, 6.07) is 20.1. The number of halogens is 1. The molecule has 0 aliphatic heterocycles. The molecule has 118 valence electrons. The molecule has 0 saturated carbocycles. The van der Waals surface area contributed by atoms with Crippen LogP contribution in [-0.2, 0) is 0 Å². The van der Waals surface area contributed by atoms with Crippen LogP contribution in [0.4, 0.5) is 0 Å². The molecule has 0 radical (unpaired) electrons. The number of hydrogen-bond acceptors (Lipinski definition) is 2. The Morgan fingerprint density at radius 2 is 1.54 bits per heavy atom. The predicted molar refractivity (Wildman–Crippen MR) is 98.8 cm³/mol. The number of hydrogen-bond donors (Lipinski definition) is 0. The van der Waals surface area contributed by atoms with E-state index in [4.69, 9.17) is 16.6 Å². The molecule has 2 heterocycles. The molecular weight excluding hydrogens is 318 g/mol. The van der Waals surface area contributed by atoms with Crippen molar-refractivity contribution < 1.29 is 0 Å². The van der Waals surface area contributed by atoms with Crippen molar-refractivity contribution in [2.24, 2.45) is 0 Å². The van der Waals surface area contributed by atoms with Gasteiger partial charge in [-0.1, -0.05) is 41.4 Å². The molecule has 3 nitrogen and oxygen atoms in total. The first-order chi connectivity index (χ1) is 11.6. The summed E-state index contributed by atoms with van der Waals surface area (Å²) in [5.74, 6) is 0. The molecule has 0 amide bonds. The number of aryl methyl sites for hydroxylation is 2. The number of aromatic nitrogens is 3. The third-order valence-electron chi connectivity index (χ3n) is 4.13. The second-order valence-corrected chi connectivity index (χ2v) is 6.34. The van der Waals surface area contributed by atoms with Gasteiger partial charge in [-0.15, -0.1) is 0 Å². The van der Waals surface area contributed by atoms with Gasteiger partial charge in [0.25, 0.3) is 0 Å².